The largest absolute Gasteiger partial charge is 0.399 e. The fourth-order valence-electron chi connectivity index (χ4n) is 2.67. The zero-order valence-corrected chi connectivity index (χ0v) is 12.5. The molecule has 0 aromatic heterocycles. The lowest BCUT2D eigenvalue weighted by Crippen LogP contribution is -2.32. The van der Waals surface area contributed by atoms with Crippen LogP contribution in [0.1, 0.15) is 32.6 Å². The van der Waals surface area contributed by atoms with E-state index >= 15 is 0 Å². The molecule has 0 bridgehead atoms. The molecule has 112 valence electrons. The van der Waals surface area contributed by atoms with Gasteiger partial charge >= 0.3 is 0 Å². The van der Waals surface area contributed by atoms with Gasteiger partial charge in [-0.1, -0.05) is 13.3 Å². The molecule has 1 heterocycles. The molecule has 1 unspecified atom stereocenters. The third-order valence-electron chi connectivity index (χ3n) is 3.92. The van der Waals surface area contributed by atoms with E-state index in [0.29, 0.717) is 19.0 Å². The van der Waals surface area contributed by atoms with Crippen molar-refractivity contribution in [3.8, 4) is 0 Å². The first-order valence-electron chi connectivity index (χ1n) is 6.99. The lowest BCUT2D eigenvalue weighted by atomic mass is 9.98. The van der Waals surface area contributed by atoms with E-state index in [1.165, 1.54) is 10.4 Å². The highest BCUT2D eigenvalue weighted by atomic mass is 32.2. The maximum absolute atomic E-state index is 13.4. The second-order valence-electron chi connectivity index (χ2n) is 5.33. The van der Waals surface area contributed by atoms with Gasteiger partial charge < -0.3 is 5.73 Å². The standard InChI is InChI=1S/C14H21FN2O2S/c1-2-11-4-3-6-17(7-5-11)20(18,19)14-9-12(15)8-13(16)10-14/h8-11H,2-7,16H2,1H3. The van der Waals surface area contributed by atoms with Crippen molar-refractivity contribution in [2.75, 3.05) is 18.8 Å². The maximum atomic E-state index is 13.4. The van der Waals surface area contributed by atoms with Crippen LogP contribution in [0.3, 0.4) is 0 Å². The molecule has 2 N–H and O–H groups in total. The summed E-state index contributed by atoms with van der Waals surface area (Å²) in [4.78, 5) is -0.0510. The van der Waals surface area contributed by atoms with Crippen molar-refractivity contribution in [1.82, 2.24) is 4.31 Å². The van der Waals surface area contributed by atoms with Gasteiger partial charge in [-0.3, -0.25) is 0 Å². The second-order valence-corrected chi connectivity index (χ2v) is 7.27. The van der Waals surface area contributed by atoms with Crippen LogP contribution in [0.2, 0.25) is 0 Å². The third kappa shape index (κ3) is 3.30. The van der Waals surface area contributed by atoms with Crippen LogP contribution < -0.4 is 5.73 Å². The van der Waals surface area contributed by atoms with Crippen molar-refractivity contribution in [2.24, 2.45) is 5.92 Å². The Hall–Kier alpha value is -1.14. The van der Waals surface area contributed by atoms with E-state index in [-0.39, 0.29) is 10.6 Å². The van der Waals surface area contributed by atoms with Crippen molar-refractivity contribution in [3.63, 3.8) is 0 Å². The number of benzene rings is 1. The summed E-state index contributed by atoms with van der Waals surface area (Å²) in [6, 6.07) is 3.48. The Labute approximate surface area is 119 Å². The van der Waals surface area contributed by atoms with Crippen molar-refractivity contribution < 1.29 is 12.8 Å². The molecule has 0 amide bonds. The number of hydrogen-bond acceptors (Lipinski definition) is 3. The molecule has 1 saturated heterocycles. The topological polar surface area (TPSA) is 63.4 Å². The minimum absolute atomic E-state index is 0.0510. The Bertz CT molecular complexity index is 554. The summed E-state index contributed by atoms with van der Waals surface area (Å²) in [5.41, 5.74) is 5.67. The molecule has 0 spiro atoms. The Morgan fingerprint density at radius 3 is 2.70 bits per heavy atom. The lowest BCUT2D eigenvalue weighted by molar-refractivity contribution is 0.407. The number of nitrogens with two attached hydrogens (primary N) is 1. The molecule has 6 heteroatoms. The zero-order valence-electron chi connectivity index (χ0n) is 11.7. The zero-order chi connectivity index (χ0) is 14.8. The molecule has 1 fully saturated rings. The number of halogens is 1. The van der Waals surface area contributed by atoms with Gasteiger partial charge in [-0.25, -0.2) is 12.8 Å². The molecule has 0 saturated carbocycles. The van der Waals surface area contributed by atoms with Crippen LogP contribution in [0.15, 0.2) is 23.1 Å². The Morgan fingerprint density at radius 2 is 2.05 bits per heavy atom. The van der Waals surface area contributed by atoms with Crippen molar-refractivity contribution in [2.45, 2.75) is 37.5 Å². The van der Waals surface area contributed by atoms with Crippen molar-refractivity contribution in [1.29, 1.82) is 0 Å². The number of nitrogen functional groups attached to an aromatic ring is 1. The predicted molar refractivity (Wildman–Crippen MR) is 77.2 cm³/mol. The molecule has 20 heavy (non-hydrogen) atoms. The molecular formula is C14H21FN2O2S. The van der Waals surface area contributed by atoms with Gasteiger partial charge in [0.2, 0.25) is 10.0 Å². The summed E-state index contributed by atoms with van der Waals surface area (Å²) >= 11 is 0. The normalized spacial score (nSPS) is 21.6. The van der Waals surface area contributed by atoms with E-state index in [2.05, 4.69) is 6.92 Å². The maximum Gasteiger partial charge on any atom is 0.243 e. The number of rotatable bonds is 3. The van der Waals surface area contributed by atoms with Crippen LogP contribution in [0.25, 0.3) is 0 Å². The van der Waals surface area contributed by atoms with Gasteiger partial charge in [-0.2, -0.15) is 4.31 Å². The highest BCUT2D eigenvalue weighted by Crippen LogP contribution is 2.26. The van der Waals surface area contributed by atoms with E-state index in [9.17, 15) is 12.8 Å². The van der Waals surface area contributed by atoms with E-state index in [1.807, 2.05) is 0 Å². The lowest BCUT2D eigenvalue weighted by Gasteiger charge is -2.20. The fraction of sp³-hybridized carbons (Fsp3) is 0.571. The molecule has 4 nitrogen and oxygen atoms in total. The van der Waals surface area contributed by atoms with Crippen molar-refractivity contribution in [3.05, 3.63) is 24.0 Å². The van der Waals surface area contributed by atoms with E-state index < -0.39 is 15.8 Å². The number of anilines is 1. The molecule has 1 aromatic rings. The van der Waals surface area contributed by atoms with Gasteiger partial charge in [0.05, 0.1) is 4.90 Å². The fourth-order valence-corrected chi connectivity index (χ4v) is 4.23. The first kappa shape index (κ1) is 15.3. The molecule has 1 atom stereocenters. The van der Waals surface area contributed by atoms with Gasteiger partial charge in [0.1, 0.15) is 5.82 Å². The summed E-state index contributed by atoms with van der Waals surface area (Å²) in [5, 5.41) is 0. The molecule has 2 rings (SSSR count). The smallest absolute Gasteiger partial charge is 0.243 e. The molecular weight excluding hydrogens is 279 g/mol. The van der Waals surface area contributed by atoms with Crippen LogP contribution in [-0.2, 0) is 10.0 Å². The number of nitrogens with zero attached hydrogens (tertiary/aromatic N) is 1. The van der Waals surface area contributed by atoms with Crippen molar-refractivity contribution >= 4 is 15.7 Å². The first-order chi connectivity index (χ1) is 9.43. The predicted octanol–water partition coefficient (Wildman–Crippen LogP) is 2.61. The van der Waals surface area contributed by atoms with E-state index in [0.717, 1.165) is 37.8 Å². The summed E-state index contributed by atoms with van der Waals surface area (Å²) < 4.78 is 39.9. The average Bonchev–Trinajstić information content (AvgIpc) is 2.63. The first-order valence-corrected chi connectivity index (χ1v) is 8.43. The summed E-state index contributed by atoms with van der Waals surface area (Å²) in [5.74, 6) is -0.0439. The van der Waals surface area contributed by atoms with Gasteiger partial charge in [-0.15, -0.1) is 0 Å². The number of sulfonamides is 1. The van der Waals surface area contributed by atoms with Gasteiger partial charge in [0.15, 0.2) is 0 Å². The van der Waals surface area contributed by atoms with E-state index in [4.69, 9.17) is 5.73 Å². The molecule has 1 aliphatic rings. The Morgan fingerprint density at radius 1 is 1.30 bits per heavy atom. The van der Waals surface area contributed by atoms with Crippen LogP contribution in [0.4, 0.5) is 10.1 Å². The van der Waals surface area contributed by atoms with E-state index in [1.54, 1.807) is 0 Å². The van der Waals surface area contributed by atoms with Gasteiger partial charge in [-0.05, 0) is 43.4 Å². The minimum Gasteiger partial charge on any atom is -0.399 e. The minimum atomic E-state index is -3.65. The highest BCUT2D eigenvalue weighted by molar-refractivity contribution is 7.89. The average molecular weight is 300 g/mol. The van der Waals surface area contributed by atoms with Crippen LogP contribution >= 0.6 is 0 Å². The Balaban J connectivity index is 2.25. The quantitative estimate of drug-likeness (QED) is 0.873. The van der Waals surface area contributed by atoms with Crippen LogP contribution in [0, 0.1) is 11.7 Å². The second kappa shape index (κ2) is 6.10. The third-order valence-corrected chi connectivity index (χ3v) is 5.79. The SMILES string of the molecule is CCC1CCCN(S(=O)(=O)c2cc(N)cc(F)c2)CC1. The molecule has 1 aliphatic heterocycles. The highest BCUT2D eigenvalue weighted by Gasteiger charge is 2.27. The van der Waals surface area contributed by atoms with Gasteiger partial charge in [0.25, 0.3) is 0 Å². The monoisotopic (exact) mass is 300 g/mol. The summed E-state index contributed by atoms with van der Waals surface area (Å²) in [6.45, 7) is 3.12. The number of hydrogen-bond donors (Lipinski definition) is 1. The van der Waals surface area contributed by atoms with Crippen LogP contribution in [0.5, 0.6) is 0 Å². The molecule has 0 radical (unpaired) electrons. The molecule has 1 aromatic carbocycles. The Kier molecular flexibility index (Phi) is 4.65. The summed E-state index contributed by atoms with van der Waals surface area (Å²) in [7, 11) is -3.65. The molecule has 0 aliphatic carbocycles. The summed E-state index contributed by atoms with van der Waals surface area (Å²) in [6.07, 6.45) is 3.83. The van der Waals surface area contributed by atoms with Crippen LogP contribution in [-0.4, -0.2) is 25.8 Å². The van der Waals surface area contributed by atoms with Gasteiger partial charge in [0, 0.05) is 18.8 Å².